The lowest BCUT2D eigenvalue weighted by molar-refractivity contribution is -0.153. The third-order valence-corrected chi connectivity index (χ3v) is 5.48. The van der Waals surface area contributed by atoms with Crippen molar-refractivity contribution in [2.75, 3.05) is 13.9 Å². The van der Waals surface area contributed by atoms with Gasteiger partial charge in [-0.2, -0.15) is 0 Å². The molecule has 0 saturated heterocycles. The van der Waals surface area contributed by atoms with Crippen LogP contribution in [0.1, 0.15) is 27.2 Å². The van der Waals surface area contributed by atoms with E-state index >= 15 is 0 Å². The summed E-state index contributed by atoms with van der Waals surface area (Å²) in [6, 6.07) is 1.09. The van der Waals surface area contributed by atoms with Crippen LogP contribution in [0.15, 0.2) is 35.6 Å². The predicted octanol–water partition coefficient (Wildman–Crippen LogP) is 4.04. The van der Waals surface area contributed by atoms with Gasteiger partial charge >= 0.3 is 0 Å². The molecule has 0 aliphatic heterocycles. The molecule has 1 aliphatic carbocycles. The van der Waals surface area contributed by atoms with E-state index in [4.69, 9.17) is 14.2 Å². The highest BCUT2D eigenvalue weighted by atomic mass is 28.3. The highest BCUT2D eigenvalue weighted by molar-refractivity contribution is 6.76. The molecule has 0 spiro atoms. The maximum Gasteiger partial charge on any atom is 0.220 e. The molecule has 1 aliphatic rings. The minimum absolute atomic E-state index is 0.0581. The molecule has 5 nitrogen and oxygen atoms in total. The fraction of sp³-hybridized carbons (Fsp3) is 0.600. The summed E-state index contributed by atoms with van der Waals surface area (Å²) in [5, 5.41) is 0. The van der Waals surface area contributed by atoms with Gasteiger partial charge in [-0.15, -0.1) is 0 Å². The molecule has 146 valence electrons. The molecule has 1 rings (SSSR count). The maximum absolute atomic E-state index is 12.1. The molecule has 0 N–H and O–H groups in total. The van der Waals surface area contributed by atoms with Crippen molar-refractivity contribution in [3.8, 4) is 0 Å². The van der Waals surface area contributed by atoms with Crippen LogP contribution in [0.3, 0.4) is 0 Å². The molecular weight excluding hydrogens is 348 g/mol. The lowest BCUT2D eigenvalue weighted by Crippen LogP contribution is -2.42. The Kier molecular flexibility index (Phi) is 8.18. The van der Waals surface area contributed by atoms with E-state index in [0.29, 0.717) is 12.0 Å². The number of allylic oxidation sites excluding steroid dienone is 4. The van der Waals surface area contributed by atoms with Gasteiger partial charge in [-0.05, 0) is 39.3 Å². The Morgan fingerprint density at radius 2 is 1.77 bits per heavy atom. The summed E-state index contributed by atoms with van der Waals surface area (Å²) in [6.45, 7) is 12.4. The Bertz CT molecular complexity index is 608. The van der Waals surface area contributed by atoms with E-state index in [9.17, 15) is 9.59 Å². The molecule has 0 aromatic heterocycles. The third-order valence-electron chi connectivity index (χ3n) is 4.02. The van der Waals surface area contributed by atoms with Crippen molar-refractivity contribution in [2.24, 2.45) is 0 Å². The molecule has 0 fully saturated rings. The highest BCUT2D eigenvalue weighted by Crippen LogP contribution is 2.27. The van der Waals surface area contributed by atoms with Gasteiger partial charge in [-0.3, -0.25) is 9.59 Å². The second-order valence-corrected chi connectivity index (χ2v) is 13.8. The quantitative estimate of drug-likeness (QED) is 0.248. The van der Waals surface area contributed by atoms with Gasteiger partial charge in [0.05, 0.1) is 0 Å². The van der Waals surface area contributed by atoms with Crippen molar-refractivity contribution in [2.45, 2.75) is 64.6 Å². The van der Waals surface area contributed by atoms with Gasteiger partial charge in [0.25, 0.3) is 0 Å². The van der Waals surface area contributed by atoms with Crippen molar-refractivity contribution in [1.29, 1.82) is 0 Å². The van der Waals surface area contributed by atoms with E-state index in [-0.39, 0.29) is 30.2 Å². The minimum Gasteiger partial charge on any atom is -0.481 e. The fourth-order valence-electron chi connectivity index (χ4n) is 2.43. The van der Waals surface area contributed by atoms with Gasteiger partial charge in [0.15, 0.2) is 11.5 Å². The standard InChI is InChI=1S/C20H32O5Si/c1-15-12-17(22)18(13-16(15)21)25-20(2,3)19(24-14-23-4)10-8-9-11-26(5,6)7/h8-9,12-13,19H,10-11,14H2,1-7H3/b9-8-. The predicted molar refractivity (Wildman–Crippen MR) is 106 cm³/mol. The molecule has 1 atom stereocenters. The Morgan fingerprint density at radius 3 is 2.35 bits per heavy atom. The number of hydrogen-bond acceptors (Lipinski definition) is 5. The second-order valence-electron chi connectivity index (χ2n) is 8.30. The number of carbonyl (C=O) groups excluding carboxylic acids is 2. The SMILES string of the molecule is COCOC(C/C=C\C[Si](C)(C)C)C(C)(C)OC1=CC(=O)C(C)=CC1=O. The summed E-state index contributed by atoms with van der Waals surface area (Å²) < 4.78 is 16.7. The zero-order valence-corrected chi connectivity index (χ0v) is 18.0. The van der Waals surface area contributed by atoms with E-state index in [1.54, 1.807) is 14.0 Å². The average Bonchev–Trinajstić information content (AvgIpc) is 2.50. The lowest BCUT2D eigenvalue weighted by Gasteiger charge is -2.35. The Balaban J connectivity index is 2.85. The summed E-state index contributed by atoms with van der Waals surface area (Å²) >= 11 is 0. The van der Waals surface area contributed by atoms with Crippen LogP contribution >= 0.6 is 0 Å². The smallest absolute Gasteiger partial charge is 0.220 e. The summed E-state index contributed by atoms with van der Waals surface area (Å²) in [6.07, 6.45) is 7.16. The second kappa shape index (κ2) is 9.44. The molecule has 6 heteroatoms. The molecule has 0 amide bonds. The molecule has 0 radical (unpaired) electrons. The van der Waals surface area contributed by atoms with E-state index < -0.39 is 13.7 Å². The first-order chi connectivity index (χ1) is 12.0. The largest absolute Gasteiger partial charge is 0.481 e. The molecule has 1 unspecified atom stereocenters. The molecule has 26 heavy (non-hydrogen) atoms. The first-order valence-electron chi connectivity index (χ1n) is 8.89. The number of carbonyl (C=O) groups is 2. The number of methoxy groups -OCH3 is 1. The number of ketones is 2. The monoisotopic (exact) mass is 380 g/mol. The Morgan fingerprint density at radius 1 is 1.12 bits per heavy atom. The van der Waals surface area contributed by atoms with Crippen LogP contribution in [0.25, 0.3) is 0 Å². The van der Waals surface area contributed by atoms with Crippen LogP contribution in [-0.4, -0.2) is 45.2 Å². The van der Waals surface area contributed by atoms with Gasteiger partial charge in [0.2, 0.25) is 5.78 Å². The normalized spacial score (nSPS) is 17.3. The molecule has 0 aromatic rings. The van der Waals surface area contributed by atoms with Gasteiger partial charge in [0, 0.05) is 26.8 Å². The highest BCUT2D eigenvalue weighted by Gasteiger charge is 2.35. The molecule has 0 aromatic carbocycles. The summed E-state index contributed by atoms with van der Waals surface area (Å²) in [4.78, 5) is 24.0. The number of ether oxygens (including phenoxy) is 3. The zero-order chi connectivity index (χ0) is 20.0. The average molecular weight is 381 g/mol. The van der Waals surface area contributed by atoms with Crippen molar-refractivity contribution in [3.63, 3.8) is 0 Å². The molecule has 0 bridgehead atoms. The van der Waals surface area contributed by atoms with Crippen molar-refractivity contribution >= 4 is 19.6 Å². The van der Waals surface area contributed by atoms with Crippen LogP contribution in [0.2, 0.25) is 25.7 Å². The van der Waals surface area contributed by atoms with Crippen LogP contribution in [0, 0.1) is 0 Å². The van der Waals surface area contributed by atoms with Crippen molar-refractivity contribution < 1.29 is 23.8 Å². The van der Waals surface area contributed by atoms with E-state index in [2.05, 4.69) is 31.8 Å². The summed E-state index contributed by atoms with van der Waals surface area (Å²) in [7, 11) is 0.421. The van der Waals surface area contributed by atoms with E-state index in [0.717, 1.165) is 6.04 Å². The van der Waals surface area contributed by atoms with Crippen LogP contribution in [0.4, 0.5) is 0 Å². The van der Waals surface area contributed by atoms with E-state index in [1.165, 1.54) is 12.2 Å². The first-order valence-corrected chi connectivity index (χ1v) is 12.6. The number of hydrogen-bond donors (Lipinski definition) is 0. The van der Waals surface area contributed by atoms with Crippen molar-refractivity contribution in [1.82, 2.24) is 0 Å². The minimum atomic E-state index is -1.14. The van der Waals surface area contributed by atoms with Crippen LogP contribution < -0.4 is 0 Å². The van der Waals surface area contributed by atoms with Gasteiger partial charge in [-0.1, -0.05) is 31.8 Å². The fourth-order valence-corrected chi connectivity index (χ4v) is 3.31. The molecular formula is C20H32O5Si. The van der Waals surface area contributed by atoms with Crippen LogP contribution in [-0.2, 0) is 23.8 Å². The van der Waals surface area contributed by atoms with Gasteiger partial charge in [-0.25, -0.2) is 0 Å². The lowest BCUT2D eigenvalue weighted by atomic mass is 9.97. The maximum atomic E-state index is 12.1. The van der Waals surface area contributed by atoms with E-state index in [1.807, 2.05) is 13.8 Å². The van der Waals surface area contributed by atoms with Gasteiger partial charge < -0.3 is 14.2 Å². The van der Waals surface area contributed by atoms with Gasteiger partial charge in [0.1, 0.15) is 18.5 Å². The third kappa shape index (κ3) is 7.39. The molecule has 0 saturated carbocycles. The Labute approximate surface area is 158 Å². The first kappa shape index (κ1) is 22.5. The zero-order valence-electron chi connectivity index (χ0n) is 17.0. The topological polar surface area (TPSA) is 61.8 Å². The van der Waals surface area contributed by atoms with Crippen LogP contribution in [0.5, 0.6) is 0 Å². The van der Waals surface area contributed by atoms with Crippen molar-refractivity contribution in [3.05, 3.63) is 35.6 Å². The molecule has 0 heterocycles. The Hall–Kier alpha value is -1.50. The summed E-state index contributed by atoms with van der Waals surface area (Å²) in [5.41, 5.74) is -0.385. The number of rotatable bonds is 10. The summed E-state index contributed by atoms with van der Waals surface area (Å²) in [5.74, 6) is -0.447.